The van der Waals surface area contributed by atoms with Crippen molar-refractivity contribution in [3.05, 3.63) is 39.2 Å². The van der Waals surface area contributed by atoms with E-state index in [9.17, 15) is 4.79 Å². The van der Waals surface area contributed by atoms with Crippen molar-refractivity contribution in [2.45, 2.75) is 0 Å². The molecule has 100 valence electrons. The van der Waals surface area contributed by atoms with Crippen molar-refractivity contribution in [1.82, 2.24) is 4.90 Å². The number of anilines is 1. The van der Waals surface area contributed by atoms with Gasteiger partial charge in [0.2, 0.25) is 0 Å². The van der Waals surface area contributed by atoms with E-state index in [-0.39, 0.29) is 5.91 Å². The number of carbonyl (C=O) groups is 1. The van der Waals surface area contributed by atoms with Crippen molar-refractivity contribution in [1.29, 1.82) is 0 Å². The molecule has 0 saturated carbocycles. The lowest BCUT2D eigenvalue weighted by molar-refractivity contribution is 0.0830. The molecule has 0 radical (unpaired) electrons. The fraction of sp³-hybridized carbons (Fsp3) is 0.154. The third-order valence-electron chi connectivity index (χ3n) is 2.67. The van der Waals surface area contributed by atoms with Crippen LogP contribution in [0, 0.1) is 0 Å². The topological polar surface area (TPSA) is 46.3 Å². The van der Waals surface area contributed by atoms with Gasteiger partial charge in [0.05, 0.1) is 20.6 Å². The highest BCUT2D eigenvalue weighted by atomic mass is 35.5. The van der Waals surface area contributed by atoms with Crippen LogP contribution in [-0.2, 0) is 0 Å². The van der Waals surface area contributed by atoms with Gasteiger partial charge >= 0.3 is 0 Å². The second kappa shape index (κ2) is 5.41. The zero-order chi connectivity index (χ0) is 14.2. The summed E-state index contributed by atoms with van der Waals surface area (Å²) in [4.78, 5) is 13.7. The number of benzene rings is 1. The van der Waals surface area contributed by atoms with Crippen molar-refractivity contribution >= 4 is 45.4 Å². The quantitative estimate of drug-likeness (QED) is 0.910. The van der Waals surface area contributed by atoms with Crippen molar-refractivity contribution in [2.75, 3.05) is 19.8 Å². The molecule has 2 N–H and O–H groups in total. The third kappa shape index (κ3) is 2.71. The van der Waals surface area contributed by atoms with E-state index < -0.39 is 0 Å². The SMILES string of the molecule is CN(C)C(=O)c1c(-c2ccc(Cl)c(Cl)c2)csc1N. The largest absolute Gasteiger partial charge is 0.390 e. The molecule has 0 aliphatic heterocycles. The van der Waals surface area contributed by atoms with Crippen LogP contribution in [0.4, 0.5) is 5.00 Å². The Kier molecular flexibility index (Phi) is 4.04. The van der Waals surface area contributed by atoms with E-state index >= 15 is 0 Å². The summed E-state index contributed by atoms with van der Waals surface area (Å²) >= 11 is 13.2. The highest BCUT2D eigenvalue weighted by Crippen LogP contribution is 2.36. The van der Waals surface area contributed by atoms with E-state index in [1.165, 1.54) is 16.2 Å². The normalized spacial score (nSPS) is 10.5. The molecule has 2 aromatic rings. The maximum atomic E-state index is 12.2. The van der Waals surface area contributed by atoms with Crippen molar-refractivity contribution in [2.24, 2.45) is 0 Å². The number of nitrogen functional groups attached to an aromatic ring is 1. The lowest BCUT2D eigenvalue weighted by Crippen LogP contribution is -2.22. The van der Waals surface area contributed by atoms with Crippen LogP contribution < -0.4 is 5.73 Å². The molecule has 0 aliphatic carbocycles. The van der Waals surface area contributed by atoms with Gasteiger partial charge in [0.15, 0.2) is 0 Å². The molecule has 19 heavy (non-hydrogen) atoms. The first-order chi connectivity index (χ1) is 8.91. The Morgan fingerprint density at radius 2 is 1.95 bits per heavy atom. The lowest BCUT2D eigenvalue weighted by Gasteiger charge is -2.12. The van der Waals surface area contributed by atoms with E-state index in [2.05, 4.69) is 0 Å². The minimum Gasteiger partial charge on any atom is -0.390 e. The summed E-state index contributed by atoms with van der Waals surface area (Å²) in [6.07, 6.45) is 0. The zero-order valence-corrected chi connectivity index (χ0v) is 12.7. The minimum atomic E-state index is -0.125. The van der Waals surface area contributed by atoms with Gasteiger partial charge in [0.1, 0.15) is 0 Å². The average molecular weight is 315 g/mol. The van der Waals surface area contributed by atoms with Gasteiger partial charge in [-0.1, -0.05) is 29.3 Å². The van der Waals surface area contributed by atoms with Gasteiger partial charge in [0.25, 0.3) is 5.91 Å². The molecule has 0 saturated heterocycles. The van der Waals surface area contributed by atoms with Crippen LogP contribution >= 0.6 is 34.5 Å². The maximum Gasteiger partial charge on any atom is 0.256 e. The first-order valence-corrected chi connectivity index (χ1v) is 7.09. The smallest absolute Gasteiger partial charge is 0.256 e. The van der Waals surface area contributed by atoms with Gasteiger partial charge in [-0.25, -0.2) is 0 Å². The molecule has 3 nitrogen and oxygen atoms in total. The molecule has 0 bridgehead atoms. The third-order valence-corrected chi connectivity index (χ3v) is 4.22. The predicted molar refractivity (Wildman–Crippen MR) is 82.2 cm³/mol. The summed E-state index contributed by atoms with van der Waals surface area (Å²) in [7, 11) is 3.39. The highest BCUT2D eigenvalue weighted by molar-refractivity contribution is 7.15. The van der Waals surface area contributed by atoms with Gasteiger partial charge < -0.3 is 10.6 Å². The Hall–Kier alpha value is -1.23. The zero-order valence-electron chi connectivity index (χ0n) is 10.4. The van der Waals surface area contributed by atoms with Gasteiger partial charge in [-0.3, -0.25) is 4.79 Å². The lowest BCUT2D eigenvalue weighted by atomic mass is 10.0. The molecule has 0 atom stereocenters. The second-order valence-corrected chi connectivity index (χ2v) is 5.94. The number of nitrogens with zero attached hydrogens (tertiary/aromatic N) is 1. The van der Waals surface area contributed by atoms with Gasteiger partial charge in [-0.2, -0.15) is 0 Å². The number of carbonyl (C=O) groups excluding carboxylic acids is 1. The van der Waals surface area contributed by atoms with Crippen LogP contribution in [0.15, 0.2) is 23.6 Å². The molecule has 2 rings (SSSR count). The van der Waals surface area contributed by atoms with Gasteiger partial charge in [-0.15, -0.1) is 11.3 Å². The number of hydrogen-bond donors (Lipinski definition) is 1. The summed E-state index contributed by atoms with van der Waals surface area (Å²) in [6, 6.07) is 5.26. The summed E-state index contributed by atoms with van der Waals surface area (Å²) in [5, 5.41) is 3.28. The van der Waals surface area contributed by atoms with E-state index in [1.54, 1.807) is 26.2 Å². The summed E-state index contributed by atoms with van der Waals surface area (Å²) in [5.74, 6) is -0.125. The van der Waals surface area contributed by atoms with Crippen LogP contribution in [0.3, 0.4) is 0 Å². The van der Waals surface area contributed by atoms with E-state index in [4.69, 9.17) is 28.9 Å². The minimum absolute atomic E-state index is 0.125. The van der Waals surface area contributed by atoms with Crippen molar-refractivity contribution in [3.8, 4) is 11.1 Å². The Balaban J connectivity index is 2.57. The summed E-state index contributed by atoms with van der Waals surface area (Å²) in [6.45, 7) is 0. The molecular weight excluding hydrogens is 303 g/mol. The summed E-state index contributed by atoms with van der Waals surface area (Å²) in [5.41, 5.74) is 8.01. The fourth-order valence-corrected chi connectivity index (χ4v) is 2.81. The van der Waals surface area contributed by atoms with Crippen LogP contribution in [0.5, 0.6) is 0 Å². The average Bonchev–Trinajstić information content (AvgIpc) is 2.73. The molecule has 1 heterocycles. The van der Waals surface area contributed by atoms with Crippen LogP contribution in [0.25, 0.3) is 11.1 Å². The molecule has 1 aromatic carbocycles. The van der Waals surface area contributed by atoms with Crippen LogP contribution in [0.2, 0.25) is 10.0 Å². The second-order valence-electron chi connectivity index (χ2n) is 4.22. The number of nitrogens with two attached hydrogens (primary N) is 1. The molecule has 0 unspecified atom stereocenters. The van der Waals surface area contributed by atoms with Gasteiger partial charge in [-0.05, 0) is 17.7 Å². The Bertz CT molecular complexity index is 638. The molecule has 0 aliphatic rings. The van der Waals surface area contributed by atoms with Crippen molar-refractivity contribution < 1.29 is 4.79 Å². The maximum absolute atomic E-state index is 12.2. The highest BCUT2D eigenvalue weighted by Gasteiger charge is 2.20. The predicted octanol–water partition coefficient (Wildman–Crippen LogP) is 4.01. The number of thiophene rings is 1. The fourth-order valence-electron chi connectivity index (χ4n) is 1.69. The first-order valence-electron chi connectivity index (χ1n) is 5.46. The van der Waals surface area contributed by atoms with Crippen molar-refractivity contribution in [3.63, 3.8) is 0 Å². The monoisotopic (exact) mass is 314 g/mol. The van der Waals surface area contributed by atoms with Crippen LogP contribution in [-0.4, -0.2) is 24.9 Å². The molecule has 1 amide bonds. The number of amides is 1. The summed E-state index contributed by atoms with van der Waals surface area (Å²) < 4.78 is 0. The number of hydrogen-bond acceptors (Lipinski definition) is 3. The Labute approximate surface area is 125 Å². The van der Waals surface area contributed by atoms with E-state index in [0.717, 1.165) is 11.1 Å². The Morgan fingerprint density at radius 1 is 1.26 bits per heavy atom. The Morgan fingerprint density at radius 3 is 2.53 bits per heavy atom. The molecule has 0 spiro atoms. The molecule has 1 aromatic heterocycles. The molecule has 6 heteroatoms. The molecular formula is C13H12Cl2N2OS. The number of rotatable bonds is 2. The van der Waals surface area contributed by atoms with Crippen LogP contribution in [0.1, 0.15) is 10.4 Å². The number of halogens is 2. The van der Waals surface area contributed by atoms with Gasteiger partial charge in [0, 0.05) is 25.0 Å². The standard InChI is InChI=1S/C13H12Cl2N2OS/c1-17(2)13(18)11-8(6-19-12(11)16)7-3-4-9(14)10(15)5-7/h3-6H,16H2,1-2H3. The first kappa shape index (κ1) is 14.2. The molecule has 0 fully saturated rings. The van der Waals surface area contributed by atoms with E-state index in [0.29, 0.717) is 20.6 Å². The van der Waals surface area contributed by atoms with E-state index in [1.807, 2.05) is 11.4 Å².